The average molecular weight is 230 g/mol. The van der Waals surface area contributed by atoms with Gasteiger partial charge in [0.15, 0.2) is 0 Å². The summed E-state index contributed by atoms with van der Waals surface area (Å²) >= 11 is 0. The van der Waals surface area contributed by atoms with Crippen LogP contribution in [0.1, 0.15) is 19.3 Å². The summed E-state index contributed by atoms with van der Waals surface area (Å²) in [7, 11) is 0. The summed E-state index contributed by atoms with van der Waals surface area (Å²) in [6, 6.07) is -0.415. The summed E-state index contributed by atoms with van der Waals surface area (Å²) in [4.78, 5) is 32.2. The lowest BCUT2D eigenvalue weighted by Gasteiger charge is -2.26. The van der Waals surface area contributed by atoms with Crippen LogP contribution >= 0.6 is 0 Å². The Kier molecular flexibility index (Phi) is 4.71. The highest BCUT2D eigenvalue weighted by atomic mass is 16.5. The minimum atomic E-state index is -1.16. The van der Waals surface area contributed by atoms with Crippen molar-refractivity contribution in [2.75, 3.05) is 13.2 Å². The normalized spacial score (nSPS) is 15.0. The Labute approximate surface area is 92.1 Å². The molecule has 0 heterocycles. The zero-order valence-electron chi connectivity index (χ0n) is 8.69. The predicted octanol–water partition coefficient (Wildman–Crippen LogP) is -0.534. The Balaban J connectivity index is 2.07. The third kappa shape index (κ3) is 4.74. The van der Waals surface area contributed by atoms with E-state index in [9.17, 15) is 14.4 Å². The molecule has 0 bridgehead atoms. The molecular formula is C9H14N2O5. The van der Waals surface area contributed by atoms with Gasteiger partial charge >= 0.3 is 12.0 Å². The molecule has 0 aromatic carbocycles. The van der Waals surface area contributed by atoms with Gasteiger partial charge in [0.25, 0.3) is 5.91 Å². The van der Waals surface area contributed by atoms with Gasteiger partial charge in [-0.3, -0.25) is 10.1 Å². The maximum Gasteiger partial charge on any atom is 0.329 e. The topological polar surface area (TPSA) is 105 Å². The number of hydrogen-bond acceptors (Lipinski definition) is 4. The highest BCUT2D eigenvalue weighted by Crippen LogP contribution is 2.17. The van der Waals surface area contributed by atoms with Gasteiger partial charge in [-0.05, 0) is 19.3 Å². The standard InChI is InChI=1S/C9H14N2O5/c12-7(4-16-5-8(13)14)11-9(15)10-6-2-1-3-6/h6H,1-5H2,(H,13,14)(H2,10,11,12,15). The average Bonchev–Trinajstić information content (AvgIpc) is 2.10. The lowest BCUT2D eigenvalue weighted by Crippen LogP contribution is -2.47. The van der Waals surface area contributed by atoms with Crippen molar-refractivity contribution in [3.05, 3.63) is 0 Å². The molecule has 7 heteroatoms. The van der Waals surface area contributed by atoms with Crippen molar-refractivity contribution < 1.29 is 24.2 Å². The van der Waals surface area contributed by atoms with Crippen LogP contribution in [0.3, 0.4) is 0 Å². The van der Waals surface area contributed by atoms with Crippen LogP contribution in [-0.4, -0.2) is 42.3 Å². The second kappa shape index (κ2) is 6.06. The van der Waals surface area contributed by atoms with E-state index in [1.54, 1.807) is 0 Å². The Bertz CT molecular complexity index is 288. The fraction of sp³-hybridized carbons (Fsp3) is 0.667. The zero-order chi connectivity index (χ0) is 12.0. The quantitative estimate of drug-likeness (QED) is 0.588. The summed E-state index contributed by atoms with van der Waals surface area (Å²) in [5.41, 5.74) is 0. The smallest absolute Gasteiger partial charge is 0.329 e. The van der Waals surface area contributed by atoms with Crippen LogP contribution < -0.4 is 10.6 Å². The minimum Gasteiger partial charge on any atom is -0.480 e. The number of urea groups is 1. The highest BCUT2D eigenvalue weighted by Gasteiger charge is 2.20. The lowest BCUT2D eigenvalue weighted by molar-refractivity contribution is -0.143. The molecule has 0 spiro atoms. The van der Waals surface area contributed by atoms with Crippen molar-refractivity contribution in [3.63, 3.8) is 0 Å². The second-order valence-electron chi connectivity index (χ2n) is 3.54. The van der Waals surface area contributed by atoms with Gasteiger partial charge in [-0.25, -0.2) is 9.59 Å². The van der Waals surface area contributed by atoms with Crippen molar-refractivity contribution in [1.29, 1.82) is 0 Å². The van der Waals surface area contributed by atoms with E-state index in [2.05, 4.69) is 10.1 Å². The summed E-state index contributed by atoms with van der Waals surface area (Å²) in [5, 5.41) is 12.9. The summed E-state index contributed by atoms with van der Waals surface area (Å²) in [6.07, 6.45) is 2.94. The van der Waals surface area contributed by atoms with Gasteiger partial charge < -0.3 is 15.2 Å². The number of carboxylic acid groups (broad SMARTS) is 1. The summed E-state index contributed by atoms with van der Waals surface area (Å²) in [5.74, 6) is -1.82. The van der Waals surface area contributed by atoms with E-state index < -0.39 is 31.1 Å². The SMILES string of the molecule is O=C(O)COCC(=O)NC(=O)NC1CCC1. The molecular weight excluding hydrogens is 216 g/mol. The minimum absolute atomic E-state index is 0.146. The number of carboxylic acids is 1. The number of rotatable bonds is 5. The first-order valence-electron chi connectivity index (χ1n) is 4.98. The second-order valence-corrected chi connectivity index (χ2v) is 3.54. The Morgan fingerprint density at radius 3 is 2.44 bits per heavy atom. The molecule has 0 atom stereocenters. The van der Waals surface area contributed by atoms with Crippen molar-refractivity contribution in [3.8, 4) is 0 Å². The van der Waals surface area contributed by atoms with Gasteiger partial charge in [0.2, 0.25) is 0 Å². The van der Waals surface area contributed by atoms with Crippen LogP contribution in [0.2, 0.25) is 0 Å². The molecule has 0 saturated heterocycles. The molecule has 7 nitrogen and oxygen atoms in total. The molecule has 1 fully saturated rings. The third-order valence-corrected chi connectivity index (χ3v) is 2.15. The summed E-state index contributed by atoms with van der Waals surface area (Å²) < 4.78 is 4.51. The number of ether oxygens (including phenoxy) is 1. The monoisotopic (exact) mass is 230 g/mol. The molecule has 1 rings (SSSR count). The number of amides is 3. The lowest BCUT2D eigenvalue weighted by atomic mass is 9.93. The van der Waals surface area contributed by atoms with Crippen LogP contribution in [0.4, 0.5) is 4.79 Å². The molecule has 16 heavy (non-hydrogen) atoms. The number of imide groups is 1. The largest absolute Gasteiger partial charge is 0.480 e. The van der Waals surface area contributed by atoms with Crippen LogP contribution in [0, 0.1) is 0 Å². The van der Waals surface area contributed by atoms with Crippen LogP contribution in [0.15, 0.2) is 0 Å². The van der Waals surface area contributed by atoms with Crippen molar-refractivity contribution >= 4 is 17.9 Å². The van der Waals surface area contributed by atoms with Crippen molar-refractivity contribution in [2.24, 2.45) is 0 Å². The van der Waals surface area contributed by atoms with Crippen molar-refractivity contribution in [2.45, 2.75) is 25.3 Å². The Morgan fingerprint density at radius 2 is 1.94 bits per heavy atom. The van der Waals surface area contributed by atoms with Gasteiger partial charge in [0.05, 0.1) is 0 Å². The van der Waals surface area contributed by atoms with E-state index in [1.165, 1.54) is 0 Å². The number of hydrogen-bond donors (Lipinski definition) is 3. The van der Waals surface area contributed by atoms with Crippen LogP contribution in [0.25, 0.3) is 0 Å². The molecule has 0 aliphatic heterocycles. The molecule has 0 unspecified atom stereocenters. The first-order chi connectivity index (χ1) is 7.58. The highest BCUT2D eigenvalue weighted by molar-refractivity contribution is 5.95. The summed E-state index contributed by atoms with van der Waals surface area (Å²) in [6.45, 7) is -0.998. The first kappa shape index (κ1) is 12.4. The number of nitrogens with one attached hydrogen (secondary N) is 2. The number of carbonyl (C=O) groups is 3. The fourth-order valence-corrected chi connectivity index (χ4v) is 1.17. The van der Waals surface area contributed by atoms with Crippen molar-refractivity contribution in [1.82, 2.24) is 10.6 Å². The van der Waals surface area contributed by atoms with Gasteiger partial charge in [-0.2, -0.15) is 0 Å². The van der Waals surface area contributed by atoms with E-state index in [4.69, 9.17) is 5.11 Å². The number of carbonyl (C=O) groups excluding carboxylic acids is 2. The maximum absolute atomic E-state index is 11.1. The molecule has 1 aliphatic rings. The molecule has 0 radical (unpaired) electrons. The van der Waals surface area contributed by atoms with Crippen LogP contribution in [0.5, 0.6) is 0 Å². The van der Waals surface area contributed by atoms with Gasteiger partial charge in [0.1, 0.15) is 13.2 Å². The van der Waals surface area contributed by atoms with E-state index in [0.717, 1.165) is 19.3 Å². The third-order valence-electron chi connectivity index (χ3n) is 2.15. The maximum atomic E-state index is 11.1. The van der Waals surface area contributed by atoms with Gasteiger partial charge in [0, 0.05) is 6.04 Å². The first-order valence-corrected chi connectivity index (χ1v) is 4.98. The van der Waals surface area contributed by atoms with E-state index in [0.29, 0.717) is 0 Å². The van der Waals surface area contributed by atoms with E-state index in [1.807, 2.05) is 5.32 Å². The van der Waals surface area contributed by atoms with Gasteiger partial charge in [-0.15, -0.1) is 0 Å². The molecule has 3 amide bonds. The molecule has 0 aromatic rings. The molecule has 3 N–H and O–H groups in total. The fourth-order valence-electron chi connectivity index (χ4n) is 1.17. The zero-order valence-corrected chi connectivity index (χ0v) is 8.69. The van der Waals surface area contributed by atoms with Crippen LogP contribution in [-0.2, 0) is 14.3 Å². The molecule has 1 aliphatic carbocycles. The Hall–Kier alpha value is -1.63. The van der Waals surface area contributed by atoms with E-state index >= 15 is 0 Å². The predicted molar refractivity (Wildman–Crippen MR) is 52.8 cm³/mol. The Morgan fingerprint density at radius 1 is 1.25 bits per heavy atom. The van der Waals surface area contributed by atoms with Gasteiger partial charge in [-0.1, -0.05) is 0 Å². The van der Waals surface area contributed by atoms with E-state index in [-0.39, 0.29) is 6.04 Å². The molecule has 0 aromatic heterocycles. The molecule has 90 valence electrons. The molecule has 1 saturated carbocycles. The number of aliphatic carboxylic acids is 1.